The Morgan fingerprint density at radius 2 is 0.773 bits per heavy atom. The van der Waals surface area contributed by atoms with Gasteiger partial charge in [-0.3, -0.25) is 0 Å². The molecule has 2 aliphatic rings. The lowest BCUT2D eigenvalue weighted by atomic mass is 9.97. The Morgan fingerprint density at radius 3 is 1.18 bits per heavy atom. The van der Waals surface area contributed by atoms with Crippen molar-refractivity contribution >= 4 is 35.3 Å². The lowest BCUT2D eigenvalue weighted by Crippen LogP contribution is -1.97. The molecule has 0 fully saturated rings. The van der Waals surface area contributed by atoms with E-state index >= 15 is 0 Å². The summed E-state index contributed by atoms with van der Waals surface area (Å²) < 4.78 is 20.6. The number of hydrogen-bond donors (Lipinski definition) is 2. The van der Waals surface area contributed by atoms with Crippen molar-refractivity contribution in [2.75, 3.05) is 11.5 Å². The molecule has 0 spiro atoms. The largest absolute Gasteiger partial charge is 0.457 e. The van der Waals surface area contributed by atoms with Crippen molar-refractivity contribution in [3.63, 3.8) is 0 Å². The van der Waals surface area contributed by atoms with Crippen molar-refractivity contribution in [3.8, 4) is 34.1 Å². The zero-order valence-corrected chi connectivity index (χ0v) is 22.8. The number of nitrogens with two attached hydrogens (primary N) is 2. The second-order valence-corrected chi connectivity index (χ2v) is 9.70. The molecule has 2 heterocycles. The van der Waals surface area contributed by atoms with E-state index in [1.54, 1.807) is 24.3 Å². The summed E-state index contributed by atoms with van der Waals surface area (Å²) in [6, 6.07) is 31.3. The summed E-state index contributed by atoms with van der Waals surface area (Å²) in [5.74, 6) is -0.0271. The summed E-state index contributed by atoms with van der Waals surface area (Å²) in [7, 11) is 0. The first-order chi connectivity index (χ1) is 21.2. The van der Waals surface area contributed by atoms with Crippen LogP contribution in [0.1, 0.15) is 41.4 Å². The van der Waals surface area contributed by atoms with Crippen LogP contribution in [0.15, 0.2) is 109 Å². The van der Waals surface area contributed by atoms with Crippen LogP contribution < -0.4 is 20.9 Å². The molecular weight excluding hydrogens is 564 g/mol. The first kappa shape index (κ1) is 27.7. The number of hydrogen-bond acceptors (Lipinski definition) is 10. The molecule has 0 bridgehead atoms. The van der Waals surface area contributed by atoms with Gasteiger partial charge in [-0.15, -0.1) is 0 Å². The van der Waals surface area contributed by atoms with Crippen LogP contribution in [0.25, 0.3) is 11.1 Å². The van der Waals surface area contributed by atoms with Crippen LogP contribution in [0.5, 0.6) is 23.0 Å². The molecule has 0 aliphatic carbocycles. The lowest BCUT2D eigenvalue weighted by molar-refractivity contribution is 0.0425. The molecule has 216 valence electrons. The van der Waals surface area contributed by atoms with E-state index in [-0.39, 0.29) is 22.3 Å². The second kappa shape index (κ2) is 11.5. The van der Waals surface area contributed by atoms with Crippen LogP contribution in [0.2, 0.25) is 0 Å². The van der Waals surface area contributed by atoms with E-state index in [1.807, 2.05) is 60.7 Å². The highest BCUT2D eigenvalue weighted by Crippen LogP contribution is 2.31. The fourth-order valence-electron chi connectivity index (χ4n) is 4.56. The molecule has 2 aliphatic heterocycles. The molecule has 0 saturated carbocycles. The van der Waals surface area contributed by atoms with Crippen LogP contribution in [0.3, 0.4) is 0 Å². The van der Waals surface area contributed by atoms with E-state index in [9.17, 15) is 19.2 Å². The van der Waals surface area contributed by atoms with Crippen molar-refractivity contribution < 1.29 is 38.1 Å². The zero-order chi connectivity index (χ0) is 30.8. The fraction of sp³-hybridized carbons (Fsp3) is 0. The third kappa shape index (κ3) is 5.81. The molecule has 10 nitrogen and oxygen atoms in total. The van der Waals surface area contributed by atoms with Crippen molar-refractivity contribution in [3.05, 3.63) is 131 Å². The summed E-state index contributed by atoms with van der Waals surface area (Å²) in [5, 5.41) is 0. The van der Waals surface area contributed by atoms with E-state index in [4.69, 9.17) is 20.9 Å². The summed E-state index contributed by atoms with van der Waals surface area (Å²) in [5.41, 5.74) is 14.8. The van der Waals surface area contributed by atoms with Gasteiger partial charge in [0.15, 0.2) is 0 Å². The van der Waals surface area contributed by atoms with Crippen LogP contribution in [-0.2, 0) is 9.47 Å². The minimum absolute atomic E-state index is 0.182. The normalized spacial score (nSPS) is 12.8. The Bertz CT molecular complexity index is 1850. The minimum atomic E-state index is -0.697. The van der Waals surface area contributed by atoms with Crippen molar-refractivity contribution in [1.29, 1.82) is 0 Å². The smallest absolute Gasteiger partial charge is 0.346 e. The maximum atomic E-state index is 11.6. The van der Waals surface area contributed by atoms with Crippen molar-refractivity contribution in [2.45, 2.75) is 0 Å². The SMILES string of the molecule is Nc1cccc(Oc2cccc(Oc3cccc(N)c3)c2)c1.O=C1OC(=O)c2cc(-c3ccc4c(c3)C(=O)OC4=O)ccc21. The molecule has 10 heteroatoms. The number of rotatable bonds is 5. The standard InChI is InChI=1S/C18H16N2O2.C16H6O6/c19-13-4-1-6-15(10-13)21-17-8-3-9-18(12-17)22-16-7-2-5-14(20)11-16;17-13-9-3-1-7(5-11(9)15(19)21-13)8-2-4-10-12(6-8)16(20)22-14(10)18/h1-12H,19-20H2;1-6H. The van der Waals surface area contributed by atoms with Crippen LogP contribution >= 0.6 is 0 Å². The number of cyclic esters (lactones) is 4. The van der Waals surface area contributed by atoms with Crippen molar-refractivity contribution in [2.24, 2.45) is 0 Å². The number of benzene rings is 5. The highest BCUT2D eigenvalue weighted by Gasteiger charge is 2.31. The quantitative estimate of drug-likeness (QED) is 0.134. The zero-order valence-electron chi connectivity index (χ0n) is 22.8. The van der Waals surface area contributed by atoms with Gasteiger partial charge in [-0.1, -0.05) is 30.3 Å². The molecule has 0 aromatic heterocycles. The summed E-state index contributed by atoms with van der Waals surface area (Å²) in [6.45, 7) is 0. The summed E-state index contributed by atoms with van der Waals surface area (Å²) >= 11 is 0. The molecule has 0 saturated heterocycles. The summed E-state index contributed by atoms with van der Waals surface area (Å²) in [6.07, 6.45) is 0. The first-order valence-electron chi connectivity index (χ1n) is 13.2. The highest BCUT2D eigenvalue weighted by atomic mass is 16.6. The van der Waals surface area contributed by atoms with Crippen LogP contribution in [0, 0.1) is 0 Å². The summed E-state index contributed by atoms with van der Waals surface area (Å²) in [4.78, 5) is 46.0. The molecule has 44 heavy (non-hydrogen) atoms. The number of ether oxygens (including phenoxy) is 4. The Balaban J connectivity index is 0.000000156. The van der Waals surface area contributed by atoms with Crippen LogP contribution in [-0.4, -0.2) is 23.9 Å². The Labute approximate surface area is 250 Å². The third-order valence-electron chi connectivity index (χ3n) is 6.62. The molecule has 7 rings (SSSR count). The number of carbonyl (C=O) groups excluding carboxylic acids is 4. The molecule has 5 aromatic carbocycles. The third-order valence-corrected chi connectivity index (χ3v) is 6.62. The molecule has 5 aromatic rings. The van der Waals surface area contributed by atoms with Gasteiger partial charge in [0.2, 0.25) is 0 Å². The molecular formula is C34H22N2O8. The fourth-order valence-corrected chi connectivity index (χ4v) is 4.56. The van der Waals surface area contributed by atoms with Gasteiger partial charge >= 0.3 is 23.9 Å². The van der Waals surface area contributed by atoms with Gasteiger partial charge in [0.1, 0.15) is 23.0 Å². The Kier molecular flexibility index (Phi) is 7.22. The lowest BCUT2D eigenvalue weighted by Gasteiger charge is -2.09. The molecule has 0 amide bonds. The first-order valence-corrected chi connectivity index (χ1v) is 13.2. The monoisotopic (exact) mass is 586 g/mol. The van der Waals surface area contributed by atoms with E-state index in [1.165, 1.54) is 24.3 Å². The number of nitrogen functional groups attached to an aromatic ring is 2. The Morgan fingerprint density at radius 1 is 0.409 bits per heavy atom. The van der Waals surface area contributed by atoms with E-state index in [2.05, 4.69) is 9.47 Å². The average molecular weight is 587 g/mol. The van der Waals surface area contributed by atoms with Gasteiger partial charge in [-0.25, -0.2) is 19.2 Å². The van der Waals surface area contributed by atoms with Gasteiger partial charge in [0.05, 0.1) is 22.3 Å². The molecule has 4 N–H and O–H groups in total. The number of fused-ring (bicyclic) bond motifs is 2. The van der Waals surface area contributed by atoms with Gasteiger partial charge < -0.3 is 30.4 Å². The molecule has 0 unspecified atom stereocenters. The second-order valence-electron chi connectivity index (χ2n) is 9.70. The van der Waals surface area contributed by atoms with Crippen molar-refractivity contribution in [1.82, 2.24) is 0 Å². The minimum Gasteiger partial charge on any atom is -0.457 e. The van der Waals surface area contributed by atoms with Gasteiger partial charge in [0.25, 0.3) is 0 Å². The van der Waals surface area contributed by atoms with E-state index < -0.39 is 23.9 Å². The number of anilines is 2. The number of esters is 4. The maximum Gasteiger partial charge on any atom is 0.346 e. The Hall–Kier alpha value is -6.42. The van der Waals surface area contributed by atoms with Crippen LogP contribution in [0.4, 0.5) is 11.4 Å². The topological polar surface area (TPSA) is 157 Å². The predicted octanol–water partition coefficient (Wildman–Crippen LogP) is 6.41. The van der Waals surface area contributed by atoms with E-state index in [0.29, 0.717) is 45.5 Å². The van der Waals surface area contributed by atoms with Gasteiger partial charge in [-0.2, -0.15) is 0 Å². The van der Waals surface area contributed by atoms with Gasteiger partial charge in [0, 0.05) is 29.6 Å². The molecule has 0 atom stereocenters. The van der Waals surface area contributed by atoms with Gasteiger partial charge in [-0.05, 0) is 71.8 Å². The average Bonchev–Trinajstić information content (AvgIpc) is 3.45. The predicted molar refractivity (Wildman–Crippen MR) is 160 cm³/mol. The number of carbonyl (C=O) groups is 4. The molecule has 0 radical (unpaired) electrons. The highest BCUT2D eigenvalue weighted by molar-refractivity contribution is 6.16. The maximum absolute atomic E-state index is 11.6. The van der Waals surface area contributed by atoms with E-state index in [0.717, 1.165) is 0 Å².